The lowest BCUT2D eigenvalue weighted by Gasteiger charge is -2.35. The molecule has 3 aliphatic rings. The van der Waals surface area contributed by atoms with Crippen molar-refractivity contribution in [2.75, 3.05) is 41.7 Å². The number of para-hydroxylation sites is 1. The molecule has 2 amide bonds. The second-order valence-corrected chi connectivity index (χ2v) is 14.1. The summed E-state index contributed by atoms with van der Waals surface area (Å²) < 4.78 is 33.8. The molecule has 11 nitrogen and oxygen atoms in total. The fraction of sp³-hybridized carbons (Fsp3) is 0.294. The Morgan fingerprint density at radius 2 is 1.82 bits per heavy atom. The minimum absolute atomic E-state index is 0.0704. The zero-order chi connectivity index (χ0) is 35.3. The number of carbonyl (C=O) groups excluding carboxylic acids is 2. The molecule has 0 radical (unpaired) electrons. The van der Waals surface area contributed by atoms with E-state index in [1.54, 1.807) is 49.1 Å². The molecule has 3 aliphatic heterocycles. The summed E-state index contributed by atoms with van der Waals surface area (Å²) >= 11 is 7.46. The third-order valence-electron chi connectivity index (χ3n) is 9.21. The van der Waals surface area contributed by atoms with Gasteiger partial charge in [-0.3, -0.25) is 9.59 Å². The lowest BCUT2D eigenvalue weighted by atomic mass is 9.90. The molecule has 2 N–H and O–H groups in total. The van der Waals surface area contributed by atoms with Gasteiger partial charge in [0.05, 0.1) is 16.9 Å². The zero-order valence-electron chi connectivity index (χ0n) is 28.0. The summed E-state index contributed by atoms with van der Waals surface area (Å²) in [6.07, 6.45) is 7.06. The molecule has 50 heavy (non-hydrogen) atoms. The van der Waals surface area contributed by atoms with Crippen molar-refractivity contribution in [1.29, 1.82) is 0 Å². The highest BCUT2D eigenvalue weighted by Gasteiger charge is 2.52. The van der Waals surface area contributed by atoms with Gasteiger partial charge in [-0.05, 0) is 56.6 Å². The molecule has 7 rings (SSSR count). The Labute approximate surface area is 297 Å². The molecule has 0 unspecified atom stereocenters. The maximum Gasteiger partial charge on any atom is 0.737 e. The van der Waals surface area contributed by atoms with Crippen molar-refractivity contribution in [3.05, 3.63) is 92.6 Å². The van der Waals surface area contributed by atoms with Crippen LogP contribution in [0.4, 0.5) is 31.1 Å². The molecule has 0 saturated carbocycles. The van der Waals surface area contributed by atoms with Crippen molar-refractivity contribution in [3.8, 4) is 0 Å². The second-order valence-electron chi connectivity index (χ2n) is 12.6. The molecule has 1 aromatic carbocycles. The zero-order valence-corrected chi connectivity index (χ0v) is 29.6. The minimum atomic E-state index is -4.06. The number of fused-ring (bicyclic) bond motifs is 2. The summed E-state index contributed by atoms with van der Waals surface area (Å²) in [6.45, 7) is 5.20. The number of aryl methyl sites for hydroxylation is 4. The fourth-order valence-corrected chi connectivity index (χ4v) is 7.75. The number of rotatable bonds is 8. The van der Waals surface area contributed by atoms with Crippen LogP contribution in [0.15, 0.2) is 54.4 Å². The first kappa shape index (κ1) is 33.6. The number of aromatic nitrogens is 4. The summed E-state index contributed by atoms with van der Waals surface area (Å²) in [7, 11) is 0. The van der Waals surface area contributed by atoms with Crippen molar-refractivity contribution in [2.45, 2.75) is 40.5 Å². The van der Waals surface area contributed by atoms with E-state index in [1.165, 1.54) is 17.5 Å². The summed E-state index contributed by atoms with van der Waals surface area (Å²) in [4.78, 5) is 43.9. The smallest absolute Gasteiger partial charge is 0.394 e. The Morgan fingerprint density at radius 3 is 2.58 bits per heavy atom. The monoisotopic (exact) mass is 717 g/mol. The summed E-state index contributed by atoms with van der Waals surface area (Å²) in [6, 6.07) is 9.00. The van der Waals surface area contributed by atoms with Gasteiger partial charge < -0.3 is 38.0 Å². The quantitative estimate of drug-likeness (QED) is 0.205. The Balaban J connectivity index is 0.956. The lowest BCUT2D eigenvalue weighted by Crippen LogP contribution is -2.51. The predicted octanol–water partition coefficient (Wildman–Crippen LogP) is 6.35. The number of nitrogens with one attached hydrogen (secondary N) is 2. The topological polar surface area (TPSA) is 111 Å². The fourth-order valence-electron chi connectivity index (χ4n) is 6.76. The lowest BCUT2D eigenvalue weighted by molar-refractivity contribution is -0.362. The van der Waals surface area contributed by atoms with Crippen LogP contribution in [0.2, 0.25) is 5.02 Å². The van der Waals surface area contributed by atoms with E-state index in [0.717, 1.165) is 20.1 Å². The SMILES string of the molecule is Cc1nc(Nc2ncc(C(=O)Nc3c(C)cccc3Cl)s2)cc(N2CCN(C(=O)CCC3=[N+]4C(=Cc5c(C)cc(C)n5[B-]4(F)F)C=C3)CC2)n1. The molecule has 16 heteroatoms. The number of hydrogen-bond donors (Lipinski definition) is 2. The summed E-state index contributed by atoms with van der Waals surface area (Å²) in [5.74, 6) is 1.39. The first-order valence-electron chi connectivity index (χ1n) is 16.3. The van der Waals surface area contributed by atoms with Crippen molar-refractivity contribution in [3.63, 3.8) is 0 Å². The van der Waals surface area contributed by atoms with Gasteiger partial charge in [-0.2, -0.15) is 0 Å². The van der Waals surface area contributed by atoms with Gasteiger partial charge in [0, 0.05) is 69.0 Å². The van der Waals surface area contributed by atoms with E-state index in [0.29, 0.717) is 87.2 Å². The minimum Gasteiger partial charge on any atom is -0.394 e. The molecule has 6 heterocycles. The van der Waals surface area contributed by atoms with Crippen LogP contribution in [0.5, 0.6) is 0 Å². The van der Waals surface area contributed by atoms with Crippen LogP contribution in [0.3, 0.4) is 0 Å². The highest BCUT2D eigenvalue weighted by molar-refractivity contribution is 7.17. The number of halogens is 3. The molecular formula is C34H35BClF2N9O2S. The number of benzene rings is 1. The molecular weight excluding hydrogens is 683 g/mol. The second kappa shape index (κ2) is 13.1. The number of thiazole rings is 1. The first-order valence-corrected chi connectivity index (χ1v) is 17.5. The molecule has 0 atom stereocenters. The van der Waals surface area contributed by atoms with Crippen LogP contribution in [-0.2, 0) is 4.79 Å². The van der Waals surface area contributed by atoms with E-state index in [-0.39, 0.29) is 24.7 Å². The molecule has 0 bridgehead atoms. The standard InChI is InChI=1S/C34H35BClF2N9O2S/c1-20-6-5-7-26(36)32(20)43-33(49)28-19-39-34(50-28)42-29-18-30(41-23(4)40-29)44-12-14-45(15-13-44)31(48)11-10-24-8-9-25-17-27-21(2)16-22(3)46(27)35(37,38)47(24)25/h5-9,16-19H,10-15H2,1-4H3,(H,43,49)(H,39,40,41,42). The Hall–Kier alpha value is -4.89. The summed E-state index contributed by atoms with van der Waals surface area (Å²) in [5, 5.41) is 6.99. The maximum absolute atomic E-state index is 15.8. The van der Waals surface area contributed by atoms with E-state index in [1.807, 2.05) is 32.0 Å². The molecule has 0 spiro atoms. The Bertz CT molecular complexity index is 2120. The Morgan fingerprint density at radius 1 is 1.04 bits per heavy atom. The molecule has 258 valence electrons. The van der Waals surface area contributed by atoms with Crippen LogP contribution >= 0.6 is 22.9 Å². The largest absolute Gasteiger partial charge is 0.737 e. The third-order valence-corrected chi connectivity index (χ3v) is 10.4. The van der Waals surface area contributed by atoms with Crippen LogP contribution < -0.4 is 15.5 Å². The number of nitrogens with zero attached hydrogens (tertiary/aromatic N) is 7. The van der Waals surface area contributed by atoms with Gasteiger partial charge in [-0.1, -0.05) is 35.1 Å². The van der Waals surface area contributed by atoms with E-state index < -0.39 is 6.97 Å². The van der Waals surface area contributed by atoms with Gasteiger partial charge >= 0.3 is 6.97 Å². The van der Waals surface area contributed by atoms with Crippen molar-refractivity contribution < 1.29 is 22.7 Å². The molecule has 1 fully saturated rings. The maximum atomic E-state index is 15.8. The van der Waals surface area contributed by atoms with Crippen molar-refractivity contribution in [1.82, 2.24) is 24.3 Å². The molecule has 1 saturated heterocycles. The highest BCUT2D eigenvalue weighted by atomic mass is 35.5. The number of piperazine rings is 1. The first-order chi connectivity index (χ1) is 23.9. The van der Waals surface area contributed by atoms with Gasteiger partial charge in [0.15, 0.2) is 10.8 Å². The van der Waals surface area contributed by atoms with Gasteiger partial charge in [0.1, 0.15) is 28.0 Å². The van der Waals surface area contributed by atoms with Crippen molar-refractivity contribution >= 4 is 76.0 Å². The Kier molecular flexibility index (Phi) is 8.81. The number of amides is 2. The van der Waals surface area contributed by atoms with Crippen LogP contribution in [0.1, 0.15) is 50.9 Å². The van der Waals surface area contributed by atoms with Crippen molar-refractivity contribution in [2.24, 2.45) is 0 Å². The van der Waals surface area contributed by atoms with Gasteiger partial charge in [-0.15, -0.1) is 0 Å². The van der Waals surface area contributed by atoms with E-state index in [2.05, 4.69) is 30.5 Å². The molecule has 0 aliphatic carbocycles. The third kappa shape index (κ3) is 6.31. The van der Waals surface area contributed by atoms with E-state index in [9.17, 15) is 9.59 Å². The normalized spacial score (nSPS) is 16.3. The number of allylic oxidation sites excluding steroid dienone is 2. The number of carbonyl (C=O) groups is 2. The number of anilines is 4. The summed E-state index contributed by atoms with van der Waals surface area (Å²) in [5.41, 5.74) is 4.18. The highest BCUT2D eigenvalue weighted by Crippen LogP contribution is 2.35. The van der Waals surface area contributed by atoms with Crippen LogP contribution in [0, 0.1) is 27.7 Å². The predicted molar refractivity (Wildman–Crippen MR) is 194 cm³/mol. The van der Waals surface area contributed by atoms with Crippen LogP contribution in [-0.4, -0.2) is 79.5 Å². The number of hydrogen-bond acceptors (Lipinski definition) is 8. The van der Waals surface area contributed by atoms with E-state index >= 15 is 8.63 Å². The van der Waals surface area contributed by atoms with Gasteiger partial charge in [-0.25, -0.2) is 15.0 Å². The van der Waals surface area contributed by atoms with Crippen LogP contribution in [0.25, 0.3) is 6.08 Å². The molecule has 4 aromatic rings. The van der Waals surface area contributed by atoms with E-state index in [4.69, 9.17) is 11.6 Å². The van der Waals surface area contributed by atoms with Gasteiger partial charge in [0.25, 0.3) is 5.91 Å². The average molecular weight is 718 g/mol. The molecule has 3 aromatic heterocycles. The van der Waals surface area contributed by atoms with Gasteiger partial charge in [0.2, 0.25) is 5.91 Å². The average Bonchev–Trinajstić information content (AvgIpc) is 3.79.